The van der Waals surface area contributed by atoms with Crippen molar-refractivity contribution in [2.45, 2.75) is 27.2 Å². The van der Waals surface area contributed by atoms with Crippen LogP contribution in [0.5, 0.6) is 0 Å². The van der Waals surface area contributed by atoms with Crippen LogP contribution in [-0.4, -0.2) is 21.0 Å². The second-order valence-electron chi connectivity index (χ2n) is 4.63. The molecule has 0 aliphatic carbocycles. The fraction of sp³-hybridized carbons (Fsp3) is 0.417. The number of aromatic nitrogens is 2. The van der Waals surface area contributed by atoms with E-state index in [4.69, 9.17) is 5.11 Å². The molecular weight excluding hydrogens is 252 g/mol. The van der Waals surface area contributed by atoms with Crippen molar-refractivity contribution >= 4 is 27.5 Å². The van der Waals surface area contributed by atoms with E-state index in [1.165, 1.54) is 11.3 Å². The van der Waals surface area contributed by atoms with Gasteiger partial charge in [-0.15, -0.1) is 11.3 Å². The lowest BCUT2D eigenvalue weighted by Crippen LogP contribution is -2.15. The van der Waals surface area contributed by atoms with E-state index in [-0.39, 0.29) is 11.4 Å². The SMILES string of the molecule is Cc1sc2nc(C(=O)O)[nH]c(=O)c2c1CC(C)C. The first kappa shape index (κ1) is 12.8. The molecule has 96 valence electrons. The molecule has 0 atom stereocenters. The van der Waals surface area contributed by atoms with Gasteiger partial charge in [0.2, 0.25) is 5.82 Å². The number of hydrogen-bond donors (Lipinski definition) is 2. The molecule has 0 aliphatic rings. The third kappa shape index (κ3) is 2.15. The Balaban J connectivity index is 2.72. The summed E-state index contributed by atoms with van der Waals surface area (Å²) in [4.78, 5) is 30.6. The van der Waals surface area contributed by atoms with Crippen molar-refractivity contribution in [1.82, 2.24) is 9.97 Å². The van der Waals surface area contributed by atoms with Crippen molar-refractivity contribution in [3.63, 3.8) is 0 Å². The first-order valence-electron chi connectivity index (χ1n) is 5.65. The highest BCUT2D eigenvalue weighted by Crippen LogP contribution is 2.28. The molecule has 2 heterocycles. The lowest BCUT2D eigenvalue weighted by atomic mass is 10.0. The van der Waals surface area contributed by atoms with Gasteiger partial charge >= 0.3 is 5.97 Å². The smallest absolute Gasteiger partial charge is 0.372 e. The van der Waals surface area contributed by atoms with Gasteiger partial charge in [0.15, 0.2) is 0 Å². The minimum atomic E-state index is -1.22. The van der Waals surface area contributed by atoms with Crippen LogP contribution in [0.1, 0.15) is 34.9 Å². The summed E-state index contributed by atoms with van der Waals surface area (Å²) in [7, 11) is 0. The Morgan fingerprint density at radius 3 is 2.72 bits per heavy atom. The van der Waals surface area contributed by atoms with Crippen LogP contribution in [0.15, 0.2) is 4.79 Å². The van der Waals surface area contributed by atoms with Crippen molar-refractivity contribution in [3.8, 4) is 0 Å². The van der Waals surface area contributed by atoms with E-state index in [1.807, 2.05) is 6.92 Å². The molecule has 0 amide bonds. The minimum absolute atomic E-state index is 0.301. The molecule has 0 bridgehead atoms. The largest absolute Gasteiger partial charge is 0.475 e. The van der Waals surface area contributed by atoms with Crippen molar-refractivity contribution in [2.24, 2.45) is 5.92 Å². The summed E-state index contributed by atoms with van der Waals surface area (Å²) >= 11 is 1.37. The molecule has 0 radical (unpaired) electrons. The number of carboxylic acids is 1. The fourth-order valence-electron chi connectivity index (χ4n) is 1.93. The van der Waals surface area contributed by atoms with Crippen LogP contribution in [0.25, 0.3) is 10.2 Å². The number of H-pyrrole nitrogens is 1. The molecule has 0 unspecified atom stereocenters. The van der Waals surface area contributed by atoms with Crippen LogP contribution in [-0.2, 0) is 6.42 Å². The van der Waals surface area contributed by atoms with Gasteiger partial charge in [0, 0.05) is 4.88 Å². The number of carboxylic acid groups (broad SMARTS) is 1. The number of carbonyl (C=O) groups is 1. The van der Waals surface area contributed by atoms with Crippen molar-refractivity contribution < 1.29 is 9.90 Å². The van der Waals surface area contributed by atoms with E-state index in [9.17, 15) is 9.59 Å². The zero-order valence-corrected chi connectivity index (χ0v) is 11.2. The Morgan fingerprint density at radius 2 is 2.17 bits per heavy atom. The van der Waals surface area contributed by atoms with Crippen molar-refractivity contribution in [1.29, 1.82) is 0 Å². The Labute approximate surface area is 107 Å². The maximum atomic E-state index is 12.0. The zero-order chi connectivity index (χ0) is 13.4. The van der Waals surface area contributed by atoms with Crippen LogP contribution < -0.4 is 5.56 Å². The highest BCUT2D eigenvalue weighted by molar-refractivity contribution is 7.18. The predicted octanol–water partition coefficient (Wildman–Crippen LogP) is 2.19. The molecule has 5 nitrogen and oxygen atoms in total. The molecule has 0 saturated carbocycles. The van der Waals surface area contributed by atoms with E-state index in [0.29, 0.717) is 16.1 Å². The second-order valence-corrected chi connectivity index (χ2v) is 5.84. The van der Waals surface area contributed by atoms with Gasteiger partial charge in [-0.05, 0) is 24.8 Å². The number of thiophene rings is 1. The molecule has 0 aromatic carbocycles. The number of nitrogens with one attached hydrogen (secondary N) is 1. The number of aromatic carboxylic acids is 1. The Morgan fingerprint density at radius 1 is 1.50 bits per heavy atom. The number of rotatable bonds is 3. The summed E-state index contributed by atoms with van der Waals surface area (Å²) < 4.78 is 0. The first-order valence-corrected chi connectivity index (χ1v) is 6.47. The molecule has 2 aromatic heterocycles. The van der Waals surface area contributed by atoms with Gasteiger partial charge in [-0.3, -0.25) is 4.79 Å². The minimum Gasteiger partial charge on any atom is -0.475 e. The summed E-state index contributed by atoms with van der Waals surface area (Å²) in [5.41, 5.74) is 0.619. The van der Waals surface area contributed by atoms with Gasteiger partial charge in [-0.25, -0.2) is 9.78 Å². The number of nitrogens with zero attached hydrogens (tertiary/aromatic N) is 1. The average molecular weight is 266 g/mol. The third-order valence-corrected chi connectivity index (χ3v) is 3.72. The second kappa shape index (κ2) is 4.53. The monoisotopic (exact) mass is 266 g/mol. The van der Waals surface area contributed by atoms with Crippen LogP contribution in [0.4, 0.5) is 0 Å². The van der Waals surface area contributed by atoms with Crippen molar-refractivity contribution in [2.75, 3.05) is 0 Å². The van der Waals surface area contributed by atoms with Gasteiger partial charge in [-0.2, -0.15) is 0 Å². The Bertz CT molecular complexity index is 670. The van der Waals surface area contributed by atoms with E-state index >= 15 is 0 Å². The number of aryl methyl sites for hydroxylation is 1. The van der Waals surface area contributed by atoms with Crippen LogP contribution in [0.2, 0.25) is 0 Å². The van der Waals surface area contributed by atoms with E-state index in [2.05, 4.69) is 23.8 Å². The molecule has 0 saturated heterocycles. The molecule has 2 N–H and O–H groups in total. The topological polar surface area (TPSA) is 83.0 Å². The van der Waals surface area contributed by atoms with Gasteiger partial charge < -0.3 is 10.1 Å². The molecule has 18 heavy (non-hydrogen) atoms. The number of hydrogen-bond acceptors (Lipinski definition) is 4. The highest BCUT2D eigenvalue weighted by atomic mass is 32.1. The zero-order valence-electron chi connectivity index (χ0n) is 10.4. The molecule has 0 spiro atoms. The summed E-state index contributed by atoms with van der Waals surface area (Å²) in [5.74, 6) is -1.09. The number of aromatic amines is 1. The van der Waals surface area contributed by atoms with Gasteiger partial charge in [0.1, 0.15) is 4.83 Å². The highest BCUT2D eigenvalue weighted by Gasteiger charge is 2.17. The standard InChI is InChI=1S/C12H14N2O3S/c1-5(2)4-7-6(3)18-11-8(7)10(15)13-9(14-11)12(16)17/h5H,4H2,1-3H3,(H,16,17)(H,13,14,15). The Hall–Kier alpha value is -1.69. The average Bonchev–Trinajstić information content (AvgIpc) is 2.54. The van der Waals surface area contributed by atoms with Crippen molar-refractivity contribution in [3.05, 3.63) is 26.6 Å². The lowest BCUT2D eigenvalue weighted by Gasteiger charge is -2.04. The molecule has 0 fully saturated rings. The molecule has 0 aliphatic heterocycles. The summed E-state index contributed by atoms with van der Waals surface area (Å²) in [6.45, 7) is 6.09. The quantitative estimate of drug-likeness (QED) is 0.892. The fourth-order valence-corrected chi connectivity index (χ4v) is 2.98. The third-order valence-electron chi connectivity index (χ3n) is 2.68. The van der Waals surface area contributed by atoms with Crippen LogP contribution in [0, 0.1) is 12.8 Å². The molecular formula is C12H14N2O3S. The Kier molecular flexibility index (Phi) is 3.21. The summed E-state index contributed by atoms with van der Waals surface area (Å²) in [6.07, 6.45) is 0.795. The van der Waals surface area contributed by atoms with Crippen LogP contribution in [0.3, 0.4) is 0 Å². The molecule has 2 aromatic rings. The molecule has 2 rings (SSSR count). The molecule has 6 heteroatoms. The lowest BCUT2D eigenvalue weighted by molar-refractivity contribution is 0.0683. The predicted molar refractivity (Wildman–Crippen MR) is 70.5 cm³/mol. The maximum absolute atomic E-state index is 12.0. The van der Waals surface area contributed by atoms with Gasteiger partial charge in [0.05, 0.1) is 5.39 Å². The first-order chi connectivity index (χ1) is 8.40. The number of fused-ring (bicyclic) bond motifs is 1. The summed E-state index contributed by atoms with van der Waals surface area (Å²) in [6, 6.07) is 0. The van der Waals surface area contributed by atoms with Crippen LogP contribution >= 0.6 is 11.3 Å². The van der Waals surface area contributed by atoms with E-state index in [0.717, 1.165) is 16.9 Å². The normalized spacial score (nSPS) is 11.3. The van der Waals surface area contributed by atoms with E-state index in [1.54, 1.807) is 0 Å². The summed E-state index contributed by atoms with van der Waals surface area (Å²) in [5, 5.41) is 9.40. The van der Waals surface area contributed by atoms with Gasteiger partial charge in [0.25, 0.3) is 5.56 Å². The van der Waals surface area contributed by atoms with E-state index < -0.39 is 5.97 Å². The van der Waals surface area contributed by atoms with Gasteiger partial charge in [-0.1, -0.05) is 13.8 Å². The maximum Gasteiger partial charge on any atom is 0.372 e.